The summed E-state index contributed by atoms with van der Waals surface area (Å²) in [5, 5.41) is 0. The Balaban J connectivity index is 1.35. The van der Waals surface area contributed by atoms with Crippen LogP contribution in [-0.4, -0.2) is 64.4 Å². The zero-order valence-electron chi connectivity index (χ0n) is 32.7. The second-order valence-electron chi connectivity index (χ2n) is 14.2. The van der Waals surface area contributed by atoms with Crippen molar-refractivity contribution in [1.82, 2.24) is 4.98 Å². The first kappa shape index (κ1) is 37.8. The Labute approximate surface area is 335 Å². The van der Waals surface area contributed by atoms with E-state index in [1.165, 1.54) is 40.6 Å². The molecule has 2 aliphatic carbocycles. The first-order valence-electron chi connectivity index (χ1n) is 18.8. The highest BCUT2D eigenvalue weighted by Gasteiger charge is 2.30. The van der Waals surface area contributed by atoms with Gasteiger partial charge >= 0.3 is 23.9 Å². The van der Waals surface area contributed by atoms with Crippen molar-refractivity contribution < 1.29 is 42.9 Å². The summed E-state index contributed by atoms with van der Waals surface area (Å²) in [5.41, 5.74) is 14.2. The van der Waals surface area contributed by atoms with Gasteiger partial charge in [-0.15, -0.1) is 0 Å². The second kappa shape index (κ2) is 15.5. The first-order valence-corrected chi connectivity index (χ1v) is 18.8. The molecule has 10 nitrogen and oxygen atoms in total. The van der Waals surface area contributed by atoms with E-state index < -0.39 is 23.9 Å². The molecule has 0 radical (unpaired) electrons. The molecule has 0 spiro atoms. The van der Waals surface area contributed by atoms with E-state index in [1.54, 1.807) is 31.4 Å². The highest BCUT2D eigenvalue weighted by molar-refractivity contribution is 5.99. The molecule has 290 valence electrons. The fourth-order valence-corrected chi connectivity index (χ4v) is 8.14. The number of esters is 4. The molecule has 0 fully saturated rings. The van der Waals surface area contributed by atoms with E-state index in [4.69, 9.17) is 28.7 Å². The van der Waals surface area contributed by atoms with Crippen molar-refractivity contribution in [3.05, 3.63) is 142 Å². The summed E-state index contributed by atoms with van der Waals surface area (Å²) in [6, 6.07) is 30.2. The second-order valence-corrected chi connectivity index (χ2v) is 14.2. The van der Waals surface area contributed by atoms with Crippen LogP contribution < -0.4 is 4.74 Å². The number of aryl methyl sites for hydroxylation is 2. The Bertz CT molecular complexity index is 2450. The minimum atomic E-state index is -0.565. The quantitative estimate of drug-likeness (QED) is 0.109. The van der Waals surface area contributed by atoms with Gasteiger partial charge in [0.05, 0.1) is 69.2 Å². The van der Waals surface area contributed by atoms with Gasteiger partial charge in [0.15, 0.2) is 0 Å². The Morgan fingerprint density at radius 2 is 0.810 bits per heavy atom. The molecule has 1 heterocycles. The first-order chi connectivity index (χ1) is 28.1. The summed E-state index contributed by atoms with van der Waals surface area (Å²) < 4.78 is 25.6. The van der Waals surface area contributed by atoms with Crippen molar-refractivity contribution >= 4 is 23.9 Å². The van der Waals surface area contributed by atoms with Crippen molar-refractivity contribution in [3.8, 4) is 61.6 Å². The zero-order chi connectivity index (χ0) is 40.7. The minimum Gasteiger partial charge on any atom is -0.497 e. The number of pyridine rings is 1. The smallest absolute Gasteiger partial charge is 0.337 e. The molecule has 8 rings (SSSR count). The number of nitrogens with zero attached hydrogens (tertiary/aromatic N) is 1. The number of rotatable bonds is 8. The van der Waals surface area contributed by atoms with Gasteiger partial charge in [0.2, 0.25) is 0 Å². The molecule has 5 aromatic carbocycles. The number of methoxy groups -OCH3 is 5. The molecule has 0 saturated carbocycles. The fraction of sp³-hybridized carbons (Fsp3) is 0.188. The molecule has 0 atom stereocenters. The lowest BCUT2D eigenvalue weighted by molar-refractivity contribution is 0.0581. The number of carbonyl (C=O) groups is 4. The van der Waals surface area contributed by atoms with E-state index >= 15 is 0 Å². The molecule has 0 unspecified atom stereocenters. The van der Waals surface area contributed by atoms with E-state index in [1.807, 2.05) is 24.3 Å². The summed E-state index contributed by atoms with van der Waals surface area (Å²) in [6.07, 6.45) is 3.14. The number of benzene rings is 5. The lowest BCUT2D eigenvalue weighted by Crippen LogP contribution is -2.15. The normalized spacial score (nSPS) is 12.2. The summed E-state index contributed by atoms with van der Waals surface area (Å²) in [4.78, 5) is 56.4. The third-order valence-corrected chi connectivity index (χ3v) is 11.0. The summed E-state index contributed by atoms with van der Waals surface area (Å²) in [6.45, 7) is 0. The highest BCUT2D eigenvalue weighted by Crippen LogP contribution is 2.47. The molecule has 6 aromatic rings. The van der Waals surface area contributed by atoms with Crippen molar-refractivity contribution in [1.29, 1.82) is 0 Å². The van der Waals surface area contributed by atoms with Crippen molar-refractivity contribution in [2.24, 2.45) is 0 Å². The Morgan fingerprint density at radius 1 is 0.431 bits per heavy atom. The molecule has 0 aliphatic heterocycles. The highest BCUT2D eigenvalue weighted by atomic mass is 16.5. The zero-order valence-corrected chi connectivity index (χ0v) is 32.7. The lowest BCUT2D eigenvalue weighted by atomic mass is 9.77. The molecule has 0 amide bonds. The largest absolute Gasteiger partial charge is 0.497 e. The summed E-state index contributed by atoms with van der Waals surface area (Å²) in [7, 11) is 6.86. The van der Waals surface area contributed by atoms with Gasteiger partial charge in [0.25, 0.3) is 0 Å². The van der Waals surface area contributed by atoms with Crippen LogP contribution in [-0.2, 0) is 44.6 Å². The average molecular weight is 774 g/mol. The van der Waals surface area contributed by atoms with Gasteiger partial charge in [-0.05, 0) is 142 Å². The Morgan fingerprint density at radius 3 is 1.17 bits per heavy atom. The number of carbonyl (C=O) groups excluding carboxylic acids is 4. The van der Waals surface area contributed by atoms with Gasteiger partial charge in [0, 0.05) is 11.1 Å². The molecule has 1 aromatic heterocycles. The molecular formula is C48H39NO9. The van der Waals surface area contributed by atoms with Gasteiger partial charge in [-0.25, -0.2) is 24.2 Å². The van der Waals surface area contributed by atoms with Crippen LogP contribution in [0.15, 0.2) is 97.1 Å². The predicted molar refractivity (Wildman–Crippen MR) is 218 cm³/mol. The number of ether oxygens (including phenoxy) is 5. The van der Waals surface area contributed by atoms with E-state index in [-0.39, 0.29) is 22.3 Å². The third kappa shape index (κ3) is 6.76. The molecule has 58 heavy (non-hydrogen) atoms. The van der Waals surface area contributed by atoms with Crippen LogP contribution in [0.2, 0.25) is 0 Å². The molecular weight excluding hydrogens is 735 g/mol. The molecule has 0 N–H and O–H groups in total. The van der Waals surface area contributed by atoms with Crippen LogP contribution >= 0.6 is 0 Å². The van der Waals surface area contributed by atoms with Crippen LogP contribution in [0.25, 0.3) is 55.9 Å². The molecule has 0 saturated heterocycles. The number of aromatic nitrogens is 1. The maximum Gasteiger partial charge on any atom is 0.337 e. The molecule has 10 heteroatoms. The van der Waals surface area contributed by atoms with Crippen LogP contribution in [0.4, 0.5) is 0 Å². The standard InChI is InChI=1S/C48H39NO9/c1-54-37-14-10-28(11-15-37)42-38-16-12-26-6-8-29(31-18-33(45(50)55-2)22-34(19-31)46(51)56-3)24-40(26)43(38)49-44-39(42)17-13-27-7-9-30(25-41(27)44)32-20-35(47(52)57-4)23-36(21-32)48(53)58-5/h6-11,14-15,18-25H,12-13,16-17H2,1-5H3. The third-order valence-electron chi connectivity index (χ3n) is 11.0. The van der Waals surface area contributed by atoms with Crippen molar-refractivity contribution in [3.63, 3.8) is 0 Å². The van der Waals surface area contributed by atoms with Gasteiger partial charge in [0.1, 0.15) is 5.75 Å². The molecule has 0 bridgehead atoms. The Kier molecular flexibility index (Phi) is 10.1. The SMILES string of the molecule is COC(=O)c1cc(C(=O)OC)cc(-c2ccc3c(c2)-c2nc4c(c(-c5ccc(OC)cc5)c2CC3)CCc2ccc(-c3cc(C(=O)OC)cc(C(=O)OC)c3)cc2-4)c1. The van der Waals surface area contributed by atoms with E-state index in [0.717, 1.165) is 98.5 Å². The topological polar surface area (TPSA) is 127 Å². The van der Waals surface area contributed by atoms with Gasteiger partial charge in [-0.2, -0.15) is 0 Å². The van der Waals surface area contributed by atoms with E-state index in [0.29, 0.717) is 11.1 Å². The van der Waals surface area contributed by atoms with Crippen molar-refractivity contribution in [2.45, 2.75) is 25.7 Å². The Hall–Kier alpha value is -7.07. The van der Waals surface area contributed by atoms with E-state index in [9.17, 15) is 19.2 Å². The number of fused-ring (bicyclic) bond motifs is 6. The lowest BCUT2D eigenvalue weighted by Gasteiger charge is -2.29. The predicted octanol–water partition coefficient (Wildman–Crippen LogP) is 8.77. The maximum absolute atomic E-state index is 12.7. The van der Waals surface area contributed by atoms with Crippen molar-refractivity contribution in [2.75, 3.05) is 35.5 Å². The van der Waals surface area contributed by atoms with Gasteiger partial charge in [-0.1, -0.05) is 36.4 Å². The van der Waals surface area contributed by atoms with Crippen LogP contribution in [0, 0.1) is 0 Å². The fourth-order valence-electron chi connectivity index (χ4n) is 8.14. The van der Waals surface area contributed by atoms with E-state index in [2.05, 4.69) is 36.4 Å². The average Bonchev–Trinajstić information content (AvgIpc) is 3.28. The van der Waals surface area contributed by atoms with Crippen LogP contribution in [0.1, 0.15) is 63.7 Å². The summed E-state index contributed by atoms with van der Waals surface area (Å²) >= 11 is 0. The monoisotopic (exact) mass is 773 g/mol. The van der Waals surface area contributed by atoms with Gasteiger partial charge in [-0.3, -0.25) is 0 Å². The summed E-state index contributed by atoms with van der Waals surface area (Å²) in [5.74, 6) is -1.51. The number of hydrogen-bond acceptors (Lipinski definition) is 10. The number of hydrogen-bond donors (Lipinski definition) is 0. The minimum absolute atomic E-state index is 0.232. The van der Waals surface area contributed by atoms with Crippen LogP contribution in [0.3, 0.4) is 0 Å². The molecule has 2 aliphatic rings. The van der Waals surface area contributed by atoms with Gasteiger partial charge < -0.3 is 23.7 Å². The maximum atomic E-state index is 12.7. The van der Waals surface area contributed by atoms with Crippen LogP contribution in [0.5, 0.6) is 5.75 Å².